The second-order valence-electron chi connectivity index (χ2n) is 14.1. The van der Waals surface area contributed by atoms with E-state index in [9.17, 15) is 18.0 Å². The predicted octanol–water partition coefficient (Wildman–Crippen LogP) is 6.42. The molecule has 0 radical (unpaired) electrons. The minimum atomic E-state index is -3.78. The lowest BCUT2D eigenvalue weighted by atomic mass is 9.87. The first-order valence-corrected chi connectivity index (χ1v) is 17.8. The van der Waals surface area contributed by atoms with Crippen LogP contribution in [0.1, 0.15) is 73.8 Å². The number of urea groups is 1. The average Bonchev–Trinajstić information content (AvgIpc) is 3.72. The Morgan fingerprint density at radius 3 is 2.19 bits per heavy atom. The minimum Gasteiger partial charge on any atom is -0.464 e. The van der Waals surface area contributed by atoms with Crippen LogP contribution in [-0.2, 0) is 33.6 Å². The SMILES string of the molecule is COC(=O)c1ccc(S(=O)(=O)N2C3CCC2CC(Cc2ccc(NC(=O)Nc4cc(C(C)(C)C)nn4-c4ccc(C)cc4)cc2)C3)n1C. The van der Waals surface area contributed by atoms with E-state index in [-0.39, 0.29) is 34.2 Å². The summed E-state index contributed by atoms with van der Waals surface area (Å²) >= 11 is 0. The third-order valence-electron chi connectivity index (χ3n) is 9.51. The molecule has 2 N–H and O–H groups in total. The Bertz CT molecular complexity index is 1910. The number of anilines is 2. The zero-order valence-electron chi connectivity index (χ0n) is 28.4. The summed E-state index contributed by atoms with van der Waals surface area (Å²) < 4.78 is 37.2. The van der Waals surface area contributed by atoms with Crippen molar-refractivity contribution in [2.24, 2.45) is 13.0 Å². The lowest BCUT2D eigenvalue weighted by molar-refractivity contribution is 0.0589. The van der Waals surface area contributed by atoms with Crippen molar-refractivity contribution in [3.05, 3.63) is 89.2 Å². The monoisotopic (exact) mass is 672 g/mol. The standard InChI is InChI=1S/C36H44N6O5S/c1-23-7-13-27(14-8-23)41-32(22-31(39-41)36(2,3)4)38-35(44)37-26-11-9-24(10-12-26)19-25-20-28-15-16-29(21-25)42(28)48(45,46)33-18-17-30(40(33)5)34(43)47-6/h7-14,17-18,22,25,28-29H,15-16,19-21H2,1-6H3,(H2,37,38,44). The lowest BCUT2D eigenvalue weighted by Crippen LogP contribution is -2.47. The third kappa shape index (κ3) is 6.64. The number of hydrogen-bond donors (Lipinski definition) is 2. The van der Waals surface area contributed by atoms with Gasteiger partial charge in [0.25, 0.3) is 10.0 Å². The van der Waals surface area contributed by atoms with E-state index in [4.69, 9.17) is 9.84 Å². The van der Waals surface area contributed by atoms with Gasteiger partial charge in [0.15, 0.2) is 5.03 Å². The Morgan fingerprint density at radius 1 is 0.938 bits per heavy atom. The number of rotatable bonds is 8. The topological polar surface area (TPSA) is 128 Å². The van der Waals surface area contributed by atoms with Crippen molar-refractivity contribution in [1.82, 2.24) is 18.7 Å². The molecule has 2 unspecified atom stereocenters. The van der Waals surface area contributed by atoms with Gasteiger partial charge in [0, 0.05) is 36.3 Å². The van der Waals surface area contributed by atoms with Crippen LogP contribution in [0.2, 0.25) is 0 Å². The molecule has 6 rings (SSSR count). The van der Waals surface area contributed by atoms with Crippen molar-refractivity contribution < 1.29 is 22.7 Å². The Kier molecular flexibility index (Phi) is 8.99. The number of esters is 1. The van der Waals surface area contributed by atoms with Gasteiger partial charge in [-0.3, -0.25) is 5.32 Å². The van der Waals surface area contributed by atoms with Crippen LogP contribution in [0, 0.1) is 12.8 Å². The smallest absolute Gasteiger partial charge is 0.354 e. The molecule has 2 aromatic heterocycles. The number of benzene rings is 2. The number of fused-ring (bicyclic) bond motifs is 2. The van der Waals surface area contributed by atoms with Crippen molar-refractivity contribution >= 4 is 33.5 Å². The molecule has 254 valence electrons. The molecule has 2 bridgehead atoms. The molecule has 2 atom stereocenters. The van der Waals surface area contributed by atoms with Crippen LogP contribution in [0.5, 0.6) is 0 Å². The summed E-state index contributed by atoms with van der Waals surface area (Å²) in [6, 6.07) is 20.2. The minimum absolute atomic E-state index is 0.0768. The zero-order chi connectivity index (χ0) is 34.4. The van der Waals surface area contributed by atoms with E-state index in [2.05, 4.69) is 31.4 Å². The number of nitrogens with zero attached hydrogens (tertiary/aromatic N) is 4. The van der Waals surface area contributed by atoms with E-state index < -0.39 is 16.0 Å². The Balaban J connectivity index is 1.08. The number of nitrogens with one attached hydrogen (secondary N) is 2. The van der Waals surface area contributed by atoms with Crippen LogP contribution < -0.4 is 10.6 Å². The van der Waals surface area contributed by atoms with Crippen LogP contribution >= 0.6 is 0 Å². The number of hydrogen-bond acceptors (Lipinski definition) is 6. The predicted molar refractivity (Wildman–Crippen MR) is 185 cm³/mol. The van der Waals surface area contributed by atoms with Crippen LogP contribution in [0.25, 0.3) is 5.69 Å². The molecule has 2 saturated heterocycles. The maximum absolute atomic E-state index is 13.8. The molecule has 0 spiro atoms. The highest BCUT2D eigenvalue weighted by Gasteiger charge is 2.48. The van der Waals surface area contributed by atoms with Gasteiger partial charge in [0.2, 0.25) is 0 Å². The molecule has 0 aliphatic carbocycles. The number of carbonyl (C=O) groups is 2. The maximum Gasteiger partial charge on any atom is 0.354 e. The second kappa shape index (κ2) is 12.9. The summed E-state index contributed by atoms with van der Waals surface area (Å²) in [7, 11) is -0.912. The number of methoxy groups -OCH3 is 1. The fourth-order valence-corrected chi connectivity index (χ4v) is 9.10. The number of aromatic nitrogens is 3. The molecular weight excluding hydrogens is 628 g/mol. The summed E-state index contributed by atoms with van der Waals surface area (Å²) in [5.74, 6) is 0.355. The average molecular weight is 673 g/mol. The molecule has 0 saturated carbocycles. The maximum atomic E-state index is 13.8. The first-order valence-electron chi connectivity index (χ1n) is 16.4. The molecule has 2 fully saturated rings. The van der Waals surface area contributed by atoms with E-state index in [0.29, 0.717) is 17.4 Å². The fourth-order valence-electron chi connectivity index (χ4n) is 7.03. The molecule has 2 aromatic carbocycles. The van der Waals surface area contributed by atoms with Crippen LogP contribution in [0.4, 0.5) is 16.3 Å². The summed E-state index contributed by atoms with van der Waals surface area (Å²) in [4.78, 5) is 25.2. The van der Waals surface area contributed by atoms with Crippen LogP contribution in [0.3, 0.4) is 0 Å². The molecule has 2 amide bonds. The largest absolute Gasteiger partial charge is 0.464 e. The van der Waals surface area contributed by atoms with E-state index in [1.54, 1.807) is 16.0 Å². The Labute approximate surface area is 282 Å². The normalized spacial score (nSPS) is 19.7. The first-order chi connectivity index (χ1) is 22.7. The molecule has 48 heavy (non-hydrogen) atoms. The van der Waals surface area contributed by atoms with Gasteiger partial charge in [0.05, 0.1) is 18.5 Å². The van der Waals surface area contributed by atoms with Gasteiger partial charge >= 0.3 is 12.0 Å². The summed E-state index contributed by atoms with van der Waals surface area (Å²) in [5, 5.41) is 10.8. The van der Waals surface area contributed by atoms with E-state index >= 15 is 0 Å². The van der Waals surface area contributed by atoms with Gasteiger partial charge in [-0.25, -0.2) is 22.7 Å². The zero-order valence-corrected chi connectivity index (χ0v) is 29.2. The highest BCUT2D eigenvalue weighted by atomic mass is 32.2. The fraction of sp³-hybridized carbons (Fsp3) is 0.417. The van der Waals surface area contributed by atoms with Crippen LogP contribution in [0.15, 0.2) is 71.8 Å². The number of ether oxygens (including phenoxy) is 1. The first kappa shape index (κ1) is 33.5. The molecule has 2 aliphatic heterocycles. The number of aryl methyl sites for hydroxylation is 1. The van der Waals surface area contributed by atoms with Crippen molar-refractivity contribution in [2.75, 3.05) is 17.7 Å². The molecule has 11 nitrogen and oxygen atoms in total. The molecular formula is C36H44N6O5S. The van der Waals surface area contributed by atoms with Crippen molar-refractivity contribution in [3.8, 4) is 5.69 Å². The number of amides is 2. The van der Waals surface area contributed by atoms with Gasteiger partial charge in [-0.2, -0.15) is 9.40 Å². The van der Waals surface area contributed by atoms with Crippen molar-refractivity contribution in [2.45, 2.75) is 82.3 Å². The van der Waals surface area contributed by atoms with E-state index in [1.165, 1.54) is 23.8 Å². The number of sulfonamides is 1. The van der Waals surface area contributed by atoms with Gasteiger partial charge in [-0.05, 0) is 86.9 Å². The van der Waals surface area contributed by atoms with Gasteiger partial charge in [0.1, 0.15) is 11.5 Å². The highest BCUT2D eigenvalue weighted by Crippen LogP contribution is 2.43. The third-order valence-corrected chi connectivity index (χ3v) is 11.6. The summed E-state index contributed by atoms with van der Waals surface area (Å²) in [6.45, 7) is 8.29. The van der Waals surface area contributed by atoms with Gasteiger partial charge in [-0.1, -0.05) is 50.6 Å². The Morgan fingerprint density at radius 2 is 1.58 bits per heavy atom. The quantitative estimate of drug-likeness (QED) is 0.208. The van der Waals surface area contributed by atoms with E-state index in [1.807, 2.05) is 61.5 Å². The van der Waals surface area contributed by atoms with Crippen molar-refractivity contribution in [3.63, 3.8) is 0 Å². The van der Waals surface area contributed by atoms with E-state index in [0.717, 1.165) is 54.6 Å². The second-order valence-corrected chi connectivity index (χ2v) is 15.8. The summed E-state index contributed by atoms with van der Waals surface area (Å²) in [6.07, 6.45) is 4.03. The number of carbonyl (C=O) groups excluding carboxylic acids is 2. The molecule has 12 heteroatoms. The van der Waals surface area contributed by atoms with Gasteiger partial charge in [-0.15, -0.1) is 0 Å². The Hall–Kier alpha value is -4.42. The summed E-state index contributed by atoms with van der Waals surface area (Å²) in [5.41, 5.74) is 4.69. The van der Waals surface area contributed by atoms with Gasteiger partial charge < -0.3 is 14.6 Å². The molecule has 4 heterocycles. The number of piperidine rings is 1. The lowest BCUT2D eigenvalue weighted by Gasteiger charge is -2.38. The van der Waals surface area contributed by atoms with Crippen LogP contribution in [-0.4, -0.2) is 58.3 Å². The molecule has 4 aromatic rings. The highest BCUT2D eigenvalue weighted by molar-refractivity contribution is 7.89. The van der Waals surface area contributed by atoms with Crippen molar-refractivity contribution in [1.29, 1.82) is 0 Å². The molecule has 2 aliphatic rings.